The number of hydrogen-bond donors (Lipinski definition) is 3. The van der Waals surface area contributed by atoms with Crippen LogP contribution in [0.5, 0.6) is 11.8 Å². The topological polar surface area (TPSA) is 120 Å². The third-order valence-electron chi connectivity index (χ3n) is 10.0. The number of nitrogens with one attached hydrogen (secondary N) is 1. The number of amides is 1. The number of anilines is 1. The molecule has 43 heavy (non-hydrogen) atoms. The fraction of sp³-hybridized carbons (Fsp3) is 0.531. The monoisotopic (exact) mass is 695 g/mol. The van der Waals surface area contributed by atoms with E-state index < -0.39 is 0 Å². The number of carbonyl (C=O) groups is 1. The molecule has 3 saturated heterocycles. The number of aromatic nitrogens is 2. The van der Waals surface area contributed by atoms with Crippen molar-refractivity contribution in [3.05, 3.63) is 50.7 Å². The molecule has 1 amide bonds. The molecule has 10 nitrogen and oxygen atoms in total. The van der Waals surface area contributed by atoms with Crippen molar-refractivity contribution >= 4 is 45.1 Å². The van der Waals surface area contributed by atoms with Crippen molar-refractivity contribution in [2.45, 2.75) is 63.3 Å². The second-order valence-corrected chi connectivity index (χ2v) is 14.5. The van der Waals surface area contributed by atoms with Crippen molar-refractivity contribution in [3.63, 3.8) is 0 Å². The van der Waals surface area contributed by atoms with Gasteiger partial charge in [-0.2, -0.15) is 9.97 Å². The Morgan fingerprint density at radius 1 is 1.12 bits per heavy atom. The number of hydrogen-bond acceptors (Lipinski definition) is 9. The van der Waals surface area contributed by atoms with Crippen LogP contribution in [0.15, 0.2) is 30.3 Å². The van der Waals surface area contributed by atoms with Gasteiger partial charge in [-0.15, -0.1) is 0 Å². The highest BCUT2D eigenvalue weighted by atomic mass is 127. The fourth-order valence-corrected chi connectivity index (χ4v) is 8.39. The van der Waals surface area contributed by atoms with E-state index in [2.05, 4.69) is 37.7 Å². The fourth-order valence-electron chi connectivity index (χ4n) is 7.58. The lowest BCUT2D eigenvalue weighted by atomic mass is 10.0. The van der Waals surface area contributed by atoms with E-state index in [0.717, 1.165) is 83.4 Å². The van der Waals surface area contributed by atoms with Gasteiger partial charge in [0.05, 0.1) is 31.0 Å². The molecule has 0 radical (unpaired) electrons. The van der Waals surface area contributed by atoms with E-state index >= 15 is 0 Å². The normalized spacial score (nSPS) is 25.9. The van der Waals surface area contributed by atoms with Gasteiger partial charge in [-0.05, 0) is 84.8 Å². The molecule has 2 aromatic carbocycles. The number of aromatic hydroxyl groups is 1. The van der Waals surface area contributed by atoms with Gasteiger partial charge in [0.15, 0.2) is 0 Å². The molecule has 5 aliphatic rings. The third kappa shape index (κ3) is 5.32. The van der Waals surface area contributed by atoms with Crippen LogP contribution in [-0.2, 0) is 13.1 Å². The Morgan fingerprint density at radius 2 is 1.93 bits per heavy atom. The summed E-state index contributed by atoms with van der Waals surface area (Å²) in [5.74, 6) is 0.879. The van der Waals surface area contributed by atoms with E-state index in [1.165, 1.54) is 12.8 Å². The standard InChI is InChI=1S/C32H38IN7O3/c33-26-3-1-2-19-10-23(41)11-24(28(19)26)30(42)40-15-25-27(16-40)36-31(37-29(25)39-13-21-4-5-22(14-39)35-21)43-18-32(7-8-32)17-38-9-6-20(34)12-38/h1-3,10-11,20-22,35,41H,4-9,12-18,34H2/t20-,21?,22?/m1/s1. The van der Waals surface area contributed by atoms with E-state index in [4.69, 9.17) is 20.4 Å². The summed E-state index contributed by atoms with van der Waals surface area (Å²) in [4.78, 5) is 30.7. The zero-order valence-corrected chi connectivity index (χ0v) is 26.4. The number of nitrogens with zero attached hydrogens (tertiary/aromatic N) is 5. The summed E-state index contributed by atoms with van der Waals surface area (Å²) in [5, 5.41) is 15.9. The molecular weight excluding hydrogens is 657 g/mol. The molecule has 1 aromatic heterocycles. The van der Waals surface area contributed by atoms with Crippen molar-refractivity contribution in [1.82, 2.24) is 25.1 Å². The minimum atomic E-state index is -0.113. The molecular formula is C32H38IN7O3. The van der Waals surface area contributed by atoms with Gasteiger partial charge in [-0.1, -0.05) is 12.1 Å². The van der Waals surface area contributed by atoms with Crippen LogP contribution in [0.3, 0.4) is 0 Å². The average Bonchev–Trinajstić information content (AvgIpc) is 3.24. The van der Waals surface area contributed by atoms with Gasteiger partial charge >= 0.3 is 6.01 Å². The molecule has 4 aliphatic heterocycles. The smallest absolute Gasteiger partial charge is 0.318 e. The van der Waals surface area contributed by atoms with E-state index in [-0.39, 0.29) is 23.1 Å². The van der Waals surface area contributed by atoms with E-state index in [0.29, 0.717) is 43.4 Å². The van der Waals surface area contributed by atoms with Crippen LogP contribution in [0.1, 0.15) is 53.7 Å². The summed E-state index contributed by atoms with van der Waals surface area (Å²) >= 11 is 2.26. The van der Waals surface area contributed by atoms with Crippen LogP contribution < -0.4 is 20.7 Å². The minimum Gasteiger partial charge on any atom is -0.508 e. The second kappa shape index (κ2) is 10.7. The quantitative estimate of drug-likeness (QED) is 0.320. The molecule has 11 heteroatoms. The number of halogens is 1. The van der Waals surface area contributed by atoms with Gasteiger partial charge in [0.2, 0.25) is 0 Å². The summed E-state index contributed by atoms with van der Waals surface area (Å²) in [6, 6.07) is 10.8. The van der Waals surface area contributed by atoms with Crippen molar-refractivity contribution in [2.75, 3.05) is 44.2 Å². The van der Waals surface area contributed by atoms with Crippen LogP contribution in [0.2, 0.25) is 0 Å². The maximum absolute atomic E-state index is 14.1. The Hall–Kier alpha value is -2.74. The highest BCUT2D eigenvalue weighted by Crippen LogP contribution is 2.47. The Labute approximate surface area is 265 Å². The Balaban J connectivity index is 1.08. The van der Waals surface area contributed by atoms with Gasteiger partial charge in [0.1, 0.15) is 11.6 Å². The number of phenolic OH excluding ortho intramolecular Hbond substituents is 1. The Morgan fingerprint density at radius 3 is 2.67 bits per heavy atom. The third-order valence-corrected chi connectivity index (χ3v) is 10.9. The SMILES string of the molecule is N[C@@H]1CCN(CC2(COc3nc4c(c(N5CC6CCC(C5)N6)n3)CN(C(=O)c3cc(O)cc5cccc(I)c35)C4)CC2)C1. The van der Waals surface area contributed by atoms with E-state index in [1.54, 1.807) is 12.1 Å². The molecule has 8 rings (SSSR count). The predicted molar refractivity (Wildman–Crippen MR) is 172 cm³/mol. The van der Waals surface area contributed by atoms with Crippen molar-refractivity contribution in [2.24, 2.45) is 11.1 Å². The van der Waals surface area contributed by atoms with E-state index in [1.807, 2.05) is 23.1 Å². The van der Waals surface area contributed by atoms with Crippen LogP contribution in [0.25, 0.3) is 10.8 Å². The summed E-state index contributed by atoms with van der Waals surface area (Å²) in [6.45, 7) is 6.23. The number of ether oxygens (including phenoxy) is 1. The zero-order valence-electron chi connectivity index (χ0n) is 24.3. The first-order chi connectivity index (χ1) is 20.8. The molecule has 1 saturated carbocycles. The van der Waals surface area contributed by atoms with Crippen LogP contribution in [0.4, 0.5) is 5.82 Å². The number of rotatable bonds is 7. The summed E-state index contributed by atoms with van der Waals surface area (Å²) in [7, 11) is 0. The Kier molecular flexibility index (Phi) is 6.92. The molecule has 4 N–H and O–H groups in total. The van der Waals surface area contributed by atoms with Crippen LogP contribution in [-0.4, -0.2) is 88.2 Å². The molecule has 2 unspecified atom stereocenters. The molecule has 1 aliphatic carbocycles. The van der Waals surface area contributed by atoms with Gasteiger partial charge in [-0.3, -0.25) is 4.79 Å². The number of fused-ring (bicyclic) bond motifs is 4. The minimum absolute atomic E-state index is 0.0898. The van der Waals surface area contributed by atoms with Gasteiger partial charge < -0.3 is 35.6 Å². The van der Waals surface area contributed by atoms with Crippen molar-refractivity contribution in [3.8, 4) is 11.8 Å². The highest BCUT2D eigenvalue weighted by Gasteiger charge is 2.46. The summed E-state index contributed by atoms with van der Waals surface area (Å²) in [6.07, 6.45) is 5.71. The maximum Gasteiger partial charge on any atom is 0.318 e. The number of nitrogens with two attached hydrogens (primary N) is 1. The molecule has 3 atom stereocenters. The first-order valence-corrected chi connectivity index (χ1v) is 16.6. The highest BCUT2D eigenvalue weighted by molar-refractivity contribution is 14.1. The number of piperazine rings is 1. The van der Waals surface area contributed by atoms with Gasteiger partial charge in [0.25, 0.3) is 5.91 Å². The van der Waals surface area contributed by atoms with Crippen molar-refractivity contribution < 1.29 is 14.6 Å². The molecule has 3 aromatic rings. The number of likely N-dealkylation sites (tertiary alicyclic amines) is 1. The zero-order chi connectivity index (χ0) is 29.3. The molecule has 0 spiro atoms. The number of benzene rings is 2. The second-order valence-electron chi connectivity index (χ2n) is 13.4. The molecule has 4 fully saturated rings. The molecule has 5 heterocycles. The van der Waals surface area contributed by atoms with Gasteiger partial charge in [0, 0.05) is 64.2 Å². The van der Waals surface area contributed by atoms with Gasteiger partial charge in [-0.25, -0.2) is 0 Å². The summed E-state index contributed by atoms with van der Waals surface area (Å²) in [5.41, 5.74) is 8.68. The van der Waals surface area contributed by atoms with Crippen LogP contribution in [0, 0.1) is 8.99 Å². The lowest BCUT2D eigenvalue weighted by Crippen LogP contribution is -2.51. The maximum atomic E-state index is 14.1. The lowest BCUT2D eigenvalue weighted by Gasteiger charge is -2.34. The predicted octanol–water partition coefficient (Wildman–Crippen LogP) is 3.23. The average molecular weight is 696 g/mol. The largest absolute Gasteiger partial charge is 0.508 e. The first kappa shape index (κ1) is 27.8. The lowest BCUT2D eigenvalue weighted by molar-refractivity contribution is 0.0752. The van der Waals surface area contributed by atoms with Crippen molar-refractivity contribution in [1.29, 1.82) is 0 Å². The Bertz CT molecular complexity index is 1580. The summed E-state index contributed by atoms with van der Waals surface area (Å²) < 4.78 is 7.39. The number of carbonyl (C=O) groups excluding carboxylic acids is 1. The van der Waals surface area contributed by atoms with E-state index in [9.17, 15) is 9.90 Å². The first-order valence-electron chi connectivity index (χ1n) is 15.5. The number of phenols is 1. The molecule has 226 valence electrons. The van der Waals surface area contributed by atoms with Crippen LogP contribution >= 0.6 is 22.6 Å². The molecule has 2 bridgehead atoms.